The third-order valence-electron chi connectivity index (χ3n) is 3.44. The first-order chi connectivity index (χ1) is 8.94. The minimum Gasteiger partial charge on any atom is -0.342 e. The molecule has 4 nitrogen and oxygen atoms in total. The van der Waals surface area contributed by atoms with Crippen molar-refractivity contribution in [3.05, 3.63) is 21.9 Å². The number of hydrogen-bond acceptors (Lipinski definition) is 3. The van der Waals surface area contributed by atoms with Crippen LogP contribution in [0.3, 0.4) is 0 Å². The maximum Gasteiger partial charge on any atom is 0.248 e. The van der Waals surface area contributed by atoms with Crippen LogP contribution in [0.4, 0.5) is 0 Å². The van der Waals surface area contributed by atoms with Crippen molar-refractivity contribution in [1.29, 1.82) is 0 Å². The molecule has 2 rings (SSSR count). The van der Waals surface area contributed by atoms with Crippen molar-refractivity contribution in [2.45, 2.75) is 45.7 Å². The molecule has 104 valence electrons. The van der Waals surface area contributed by atoms with Gasteiger partial charge in [0, 0.05) is 17.8 Å². The highest BCUT2D eigenvalue weighted by atomic mass is 32.1. The molecule has 0 aromatic carbocycles. The number of aryl methyl sites for hydroxylation is 1. The second-order valence-electron chi connectivity index (χ2n) is 5.37. The fourth-order valence-corrected chi connectivity index (χ4v) is 3.33. The molecule has 1 aliphatic heterocycles. The molecule has 0 aliphatic carbocycles. The molecule has 19 heavy (non-hydrogen) atoms. The first kappa shape index (κ1) is 14.1. The van der Waals surface area contributed by atoms with Gasteiger partial charge in [-0.15, -0.1) is 11.3 Å². The number of carbonyl (C=O) groups is 2. The molecule has 1 N–H and O–H groups in total. The molecule has 2 amide bonds. The van der Waals surface area contributed by atoms with Gasteiger partial charge in [-0.3, -0.25) is 9.59 Å². The van der Waals surface area contributed by atoms with Gasteiger partial charge in [-0.1, -0.05) is 6.92 Å². The summed E-state index contributed by atoms with van der Waals surface area (Å²) < 4.78 is 0. The van der Waals surface area contributed by atoms with Gasteiger partial charge in [0.25, 0.3) is 0 Å². The Labute approximate surface area is 117 Å². The molecule has 1 saturated heterocycles. The first-order valence-electron chi connectivity index (χ1n) is 6.59. The number of amides is 2. The number of hydrogen-bond donors (Lipinski definition) is 1. The molecular formula is C14H20N2O2S. The summed E-state index contributed by atoms with van der Waals surface area (Å²) in [6.45, 7) is 6.75. The zero-order chi connectivity index (χ0) is 14.0. The van der Waals surface area contributed by atoms with E-state index in [0.717, 1.165) is 6.42 Å². The topological polar surface area (TPSA) is 49.4 Å². The Morgan fingerprint density at radius 3 is 2.84 bits per heavy atom. The van der Waals surface area contributed by atoms with Gasteiger partial charge in [0.15, 0.2) is 0 Å². The monoisotopic (exact) mass is 280 g/mol. The van der Waals surface area contributed by atoms with Gasteiger partial charge in [-0.05, 0) is 37.3 Å². The quantitative estimate of drug-likeness (QED) is 0.920. The molecule has 0 atom stereocenters. The summed E-state index contributed by atoms with van der Waals surface area (Å²) in [5, 5.41) is 4.84. The Bertz CT molecular complexity index is 493. The zero-order valence-electron chi connectivity index (χ0n) is 11.7. The van der Waals surface area contributed by atoms with E-state index in [4.69, 9.17) is 0 Å². The minimum atomic E-state index is -0.808. The van der Waals surface area contributed by atoms with Crippen LogP contribution in [0.5, 0.6) is 0 Å². The Morgan fingerprint density at radius 1 is 1.42 bits per heavy atom. The lowest BCUT2D eigenvalue weighted by atomic mass is 10.0. The van der Waals surface area contributed by atoms with Crippen LogP contribution in [0.25, 0.3) is 0 Å². The Hall–Kier alpha value is -1.36. The van der Waals surface area contributed by atoms with Crippen LogP contribution in [-0.4, -0.2) is 28.8 Å². The van der Waals surface area contributed by atoms with Gasteiger partial charge in [-0.2, -0.15) is 0 Å². The largest absolute Gasteiger partial charge is 0.342 e. The van der Waals surface area contributed by atoms with Crippen LogP contribution in [0, 0.1) is 0 Å². The summed E-state index contributed by atoms with van der Waals surface area (Å²) in [6.07, 6.45) is 1.35. The van der Waals surface area contributed by atoms with Crippen molar-refractivity contribution in [3.8, 4) is 0 Å². The SMILES string of the molecule is CCc1ccsc1CN1CCC(=O)NC(C)(C)C1=O. The normalized spacial score (nSPS) is 19.2. The molecule has 0 spiro atoms. The molecular weight excluding hydrogens is 260 g/mol. The predicted octanol–water partition coefficient (Wildman–Crippen LogP) is 1.94. The van der Waals surface area contributed by atoms with Gasteiger partial charge in [0.05, 0.1) is 6.54 Å². The molecule has 0 bridgehead atoms. The third kappa shape index (κ3) is 2.97. The van der Waals surface area contributed by atoms with Crippen LogP contribution >= 0.6 is 11.3 Å². The Morgan fingerprint density at radius 2 is 2.16 bits per heavy atom. The highest BCUT2D eigenvalue weighted by Gasteiger charge is 2.36. The van der Waals surface area contributed by atoms with Gasteiger partial charge in [-0.25, -0.2) is 0 Å². The second-order valence-corrected chi connectivity index (χ2v) is 6.37. The van der Waals surface area contributed by atoms with E-state index in [0.29, 0.717) is 19.5 Å². The average molecular weight is 280 g/mol. The first-order valence-corrected chi connectivity index (χ1v) is 7.47. The second kappa shape index (κ2) is 5.33. The van der Waals surface area contributed by atoms with E-state index in [1.807, 2.05) is 0 Å². The van der Waals surface area contributed by atoms with E-state index >= 15 is 0 Å². The lowest BCUT2D eigenvalue weighted by molar-refractivity contribution is -0.137. The molecule has 1 aromatic rings. The number of carbonyl (C=O) groups excluding carboxylic acids is 2. The zero-order valence-corrected chi connectivity index (χ0v) is 12.5. The van der Waals surface area contributed by atoms with Crippen LogP contribution in [0.2, 0.25) is 0 Å². The van der Waals surface area contributed by atoms with Crippen LogP contribution in [-0.2, 0) is 22.6 Å². The number of nitrogens with zero attached hydrogens (tertiary/aromatic N) is 1. The lowest BCUT2D eigenvalue weighted by Gasteiger charge is -2.28. The summed E-state index contributed by atoms with van der Waals surface area (Å²) in [7, 11) is 0. The number of nitrogens with one attached hydrogen (secondary N) is 1. The lowest BCUT2D eigenvalue weighted by Crippen LogP contribution is -2.52. The van der Waals surface area contributed by atoms with Gasteiger partial charge in [0.2, 0.25) is 11.8 Å². The van der Waals surface area contributed by atoms with Crippen LogP contribution in [0.1, 0.15) is 37.6 Å². The standard InChI is InChI=1S/C14H20N2O2S/c1-4-10-6-8-19-11(10)9-16-7-5-12(17)15-14(2,3)13(16)18/h6,8H,4-5,7,9H2,1-3H3,(H,15,17). The van der Waals surface area contributed by atoms with Gasteiger partial charge < -0.3 is 10.2 Å². The molecule has 0 radical (unpaired) electrons. The predicted molar refractivity (Wildman–Crippen MR) is 76.0 cm³/mol. The highest BCUT2D eigenvalue weighted by Crippen LogP contribution is 2.22. The molecule has 2 heterocycles. The van der Waals surface area contributed by atoms with Crippen molar-refractivity contribution in [1.82, 2.24) is 10.2 Å². The van der Waals surface area contributed by atoms with E-state index in [1.165, 1.54) is 10.4 Å². The fourth-order valence-electron chi connectivity index (χ4n) is 2.34. The average Bonchev–Trinajstić information content (AvgIpc) is 2.76. The Kier molecular flexibility index (Phi) is 3.94. The molecule has 1 aromatic heterocycles. The van der Waals surface area contributed by atoms with Crippen molar-refractivity contribution in [2.75, 3.05) is 6.54 Å². The van der Waals surface area contributed by atoms with Crippen molar-refractivity contribution in [2.24, 2.45) is 0 Å². The summed E-state index contributed by atoms with van der Waals surface area (Å²) in [5.74, 6) is -0.0588. The van der Waals surface area contributed by atoms with E-state index in [9.17, 15) is 9.59 Å². The maximum atomic E-state index is 12.5. The Balaban J connectivity index is 2.19. The summed E-state index contributed by atoms with van der Waals surface area (Å²) in [6, 6.07) is 2.11. The fraction of sp³-hybridized carbons (Fsp3) is 0.571. The number of rotatable bonds is 3. The van der Waals surface area contributed by atoms with Gasteiger partial charge >= 0.3 is 0 Å². The smallest absolute Gasteiger partial charge is 0.248 e. The van der Waals surface area contributed by atoms with Gasteiger partial charge in [0.1, 0.15) is 5.54 Å². The number of thiophene rings is 1. The van der Waals surface area contributed by atoms with Crippen molar-refractivity contribution < 1.29 is 9.59 Å². The molecule has 1 fully saturated rings. The van der Waals surface area contributed by atoms with E-state index in [1.54, 1.807) is 30.1 Å². The minimum absolute atomic E-state index is 0.00574. The molecule has 0 saturated carbocycles. The van der Waals surface area contributed by atoms with E-state index in [2.05, 4.69) is 23.7 Å². The van der Waals surface area contributed by atoms with Crippen molar-refractivity contribution in [3.63, 3.8) is 0 Å². The van der Waals surface area contributed by atoms with E-state index in [-0.39, 0.29) is 11.8 Å². The molecule has 1 aliphatic rings. The third-order valence-corrected chi connectivity index (χ3v) is 4.38. The summed E-state index contributed by atoms with van der Waals surface area (Å²) in [5.41, 5.74) is 0.483. The van der Waals surface area contributed by atoms with Crippen molar-refractivity contribution >= 4 is 23.2 Å². The molecule has 0 unspecified atom stereocenters. The highest BCUT2D eigenvalue weighted by molar-refractivity contribution is 7.10. The van der Waals surface area contributed by atoms with E-state index < -0.39 is 5.54 Å². The summed E-state index contributed by atoms with van der Waals surface area (Å²) in [4.78, 5) is 27.1. The maximum absolute atomic E-state index is 12.5. The molecule has 5 heteroatoms. The van der Waals surface area contributed by atoms with Crippen LogP contribution < -0.4 is 5.32 Å². The van der Waals surface area contributed by atoms with Crippen LogP contribution in [0.15, 0.2) is 11.4 Å². The summed E-state index contributed by atoms with van der Waals surface area (Å²) >= 11 is 1.68.